The fourth-order valence-corrected chi connectivity index (χ4v) is 4.70. The van der Waals surface area contributed by atoms with E-state index in [0.29, 0.717) is 65.7 Å². The number of thiophene rings is 1. The maximum atomic E-state index is 14.8. The highest BCUT2D eigenvalue weighted by Gasteiger charge is 2.21. The quantitative estimate of drug-likeness (QED) is 0.503. The molecule has 4 aromatic rings. The van der Waals surface area contributed by atoms with E-state index in [0.717, 1.165) is 4.88 Å². The Morgan fingerprint density at radius 2 is 2.03 bits per heavy atom. The standard InChI is InChI=1S/C23H22FN5O2S/c1-14-21-16(13-18(20-4-3-11-32-20)26-22(21)28(2)27-14)23(30)25-15-5-6-19(17(24)12-15)29-7-9-31-10-8-29/h3-6,11-13H,7-10H2,1-2H3,(H,25,30). The summed E-state index contributed by atoms with van der Waals surface area (Å²) in [6, 6.07) is 10.5. The molecule has 0 saturated carbocycles. The van der Waals surface area contributed by atoms with Crippen LogP contribution >= 0.6 is 11.3 Å². The summed E-state index contributed by atoms with van der Waals surface area (Å²) in [6.45, 7) is 4.29. The number of pyridine rings is 1. The Balaban J connectivity index is 1.49. The SMILES string of the molecule is Cc1nn(C)c2nc(-c3cccs3)cc(C(=O)Nc3ccc(N4CCOCC4)c(F)c3)c12. The van der Waals surface area contributed by atoms with Crippen molar-refractivity contribution >= 4 is 39.7 Å². The van der Waals surface area contributed by atoms with Gasteiger partial charge in [-0.25, -0.2) is 9.37 Å². The summed E-state index contributed by atoms with van der Waals surface area (Å²) in [7, 11) is 1.81. The molecule has 0 unspecified atom stereocenters. The monoisotopic (exact) mass is 451 g/mol. The molecule has 9 heteroatoms. The van der Waals surface area contributed by atoms with Gasteiger partial charge in [0.25, 0.3) is 5.91 Å². The van der Waals surface area contributed by atoms with Crippen LogP contribution in [0.2, 0.25) is 0 Å². The number of nitrogens with one attached hydrogen (secondary N) is 1. The topological polar surface area (TPSA) is 72.3 Å². The molecule has 3 aromatic heterocycles. The Morgan fingerprint density at radius 3 is 2.75 bits per heavy atom. The van der Waals surface area contributed by atoms with Gasteiger partial charge in [-0.05, 0) is 42.6 Å². The van der Waals surface area contributed by atoms with E-state index >= 15 is 0 Å². The molecule has 5 rings (SSSR count). The van der Waals surface area contributed by atoms with E-state index in [1.165, 1.54) is 6.07 Å². The van der Waals surface area contributed by atoms with Crippen molar-refractivity contribution in [3.8, 4) is 10.6 Å². The van der Waals surface area contributed by atoms with Crippen molar-refractivity contribution in [1.29, 1.82) is 0 Å². The minimum atomic E-state index is -0.374. The minimum absolute atomic E-state index is 0.329. The molecule has 0 spiro atoms. The van der Waals surface area contributed by atoms with Crippen molar-refractivity contribution < 1.29 is 13.9 Å². The van der Waals surface area contributed by atoms with Crippen LogP contribution in [-0.2, 0) is 11.8 Å². The molecule has 1 aliphatic heterocycles. The second-order valence-corrected chi connectivity index (χ2v) is 8.61. The van der Waals surface area contributed by atoms with Crippen molar-refractivity contribution in [1.82, 2.24) is 14.8 Å². The molecular weight excluding hydrogens is 429 g/mol. The van der Waals surface area contributed by atoms with Gasteiger partial charge in [0, 0.05) is 25.8 Å². The van der Waals surface area contributed by atoms with Crippen LogP contribution < -0.4 is 10.2 Å². The van der Waals surface area contributed by atoms with E-state index in [2.05, 4.69) is 10.4 Å². The van der Waals surface area contributed by atoms with Gasteiger partial charge in [0.05, 0.1) is 46.1 Å². The smallest absolute Gasteiger partial charge is 0.256 e. The third-order valence-corrected chi connectivity index (χ3v) is 6.44. The van der Waals surface area contributed by atoms with E-state index in [1.807, 2.05) is 36.4 Å². The average molecular weight is 452 g/mol. The predicted octanol–water partition coefficient (Wildman–Crippen LogP) is 4.23. The molecule has 1 aliphatic rings. The Labute approximate surface area is 188 Å². The van der Waals surface area contributed by atoms with Gasteiger partial charge in [0.15, 0.2) is 5.65 Å². The highest BCUT2D eigenvalue weighted by molar-refractivity contribution is 7.13. The van der Waals surface area contributed by atoms with Crippen molar-refractivity contribution in [3.63, 3.8) is 0 Å². The number of nitrogens with zero attached hydrogens (tertiary/aromatic N) is 4. The predicted molar refractivity (Wildman–Crippen MR) is 124 cm³/mol. The minimum Gasteiger partial charge on any atom is -0.378 e. The summed E-state index contributed by atoms with van der Waals surface area (Å²) < 4.78 is 21.8. The van der Waals surface area contributed by atoms with Gasteiger partial charge in [-0.1, -0.05) is 6.07 Å². The van der Waals surface area contributed by atoms with Crippen LogP contribution in [0.5, 0.6) is 0 Å². The molecule has 32 heavy (non-hydrogen) atoms. The molecule has 1 amide bonds. The lowest BCUT2D eigenvalue weighted by Crippen LogP contribution is -2.36. The second-order valence-electron chi connectivity index (χ2n) is 7.66. The number of morpholine rings is 1. The van der Waals surface area contributed by atoms with Crippen molar-refractivity contribution in [2.45, 2.75) is 6.92 Å². The number of fused-ring (bicyclic) bond motifs is 1. The Morgan fingerprint density at radius 1 is 1.22 bits per heavy atom. The normalized spacial score (nSPS) is 14.2. The number of hydrogen-bond acceptors (Lipinski definition) is 6. The lowest BCUT2D eigenvalue weighted by atomic mass is 10.1. The molecule has 1 fully saturated rings. The Bertz CT molecular complexity index is 1300. The fraction of sp³-hybridized carbons (Fsp3) is 0.261. The molecule has 0 bridgehead atoms. The molecule has 1 saturated heterocycles. The first-order valence-electron chi connectivity index (χ1n) is 10.3. The summed E-state index contributed by atoms with van der Waals surface area (Å²) in [4.78, 5) is 20.9. The number of aromatic nitrogens is 3. The zero-order chi connectivity index (χ0) is 22.2. The van der Waals surface area contributed by atoms with Crippen LogP contribution in [0.4, 0.5) is 15.8 Å². The van der Waals surface area contributed by atoms with Gasteiger partial charge in [-0.2, -0.15) is 5.10 Å². The van der Waals surface area contributed by atoms with Crippen LogP contribution in [0.1, 0.15) is 16.1 Å². The number of amides is 1. The number of hydrogen-bond donors (Lipinski definition) is 1. The van der Waals surface area contributed by atoms with E-state index in [9.17, 15) is 9.18 Å². The number of benzene rings is 1. The molecule has 4 heterocycles. The first-order chi connectivity index (χ1) is 15.5. The summed E-state index contributed by atoms with van der Waals surface area (Å²) in [5.41, 5.74) is 3.42. The van der Waals surface area contributed by atoms with Gasteiger partial charge < -0.3 is 15.0 Å². The largest absolute Gasteiger partial charge is 0.378 e. The zero-order valence-electron chi connectivity index (χ0n) is 17.8. The Kier molecular flexibility index (Phi) is 5.36. The molecule has 1 N–H and O–H groups in total. The van der Waals surface area contributed by atoms with E-state index in [1.54, 1.807) is 34.2 Å². The first-order valence-corrected chi connectivity index (χ1v) is 11.2. The van der Waals surface area contributed by atoms with Crippen LogP contribution in [0.3, 0.4) is 0 Å². The fourth-order valence-electron chi connectivity index (χ4n) is 4.02. The second kappa shape index (κ2) is 8.33. The molecule has 164 valence electrons. The van der Waals surface area contributed by atoms with Gasteiger partial charge in [-0.3, -0.25) is 9.48 Å². The maximum absolute atomic E-state index is 14.8. The van der Waals surface area contributed by atoms with Gasteiger partial charge in [0.2, 0.25) is 0 Å². The van der Waals surface area contributed by atoms with Crippen molar-refractivity contribution in [3.05, 3.63) is 58.9 Å². The highest BCUT2D eigenvalue weighted by atomic mass is 32.1. The van der Waals surface area contributed by atoms with Crippen LogP contribution in [0.15, 0.2) is 41.8 Å². The number of aryl methyl sites for hydroxylation is 2. The molecule has 0 radical (unpaired) electrons. The zero-order valence-corrected chi connectivity index (χ0v) is 18.6. The lowest BCUT2D eigenvalue weighted by molar-refractivity contribution is 0.102. The van der Waals surface area contributed by atoms with Gasteiger partial charge >= 0.3 is 0 Å². The summed E-state index contributed by atoms with van der Waals surface area (Å²) in [6.07, 6.45) is 0. The van der Waals surface area contributed by atoms with Crippen molar-refractivity contribution in [2.75, 3.05) is 36.5 Å². The average Bonchev–Trinajstić information content (AvgIpc) is 3.42. The van der Waals surface area contributed by atoms with Crippen LogP contribution in [-0.4, -0.2) is 47.0 Å². The van der Waals surface area contributed by atoms with Crippen LogP contribution in [0.25, 0.3) is 21.6 Å². The number of carbonyl (C=O) groups is 1. The highest BCUT2D eigenvalue weighted by Crippen LogP contribution is 2.30. The number of anilines is 2. The van der Waals surface area contributed by atoms with E-state index in [-0.39, 0.29) is 11.7 Å². The van der Waals surface area contributed by atoms with Gasteiger partial charge in [-0.15, -0.1) is 11.3 Å². The molecule has 0 atom stereocenters. The number of halogens is 1. The third kappa shape index (κ3) is 3.74. The van der Waals surface area contributed by atoms with Crippen molar-refractivity contribution in [2.24, 2.45) is 7.05 Å². The van der Waals surface area contributed by atoms with Gasteiger partial charge in [0.1, 0.15) is 5.82 Å². The third-order valence-electron chi connectivity index (χ3n) is 5.54. The number of ether oxygens (including phenoxy) is 1. The first kappa shape index (κ1) is 20.6. The van der Waals surface area contributed by atoms with E-state index < -0.39 is 0 Å². The maximum Gasteiger partial charge on any atom is 0.256 e. The van der Waals surface area contributed by atoms with Crippen LogP contribution in [0, 0.1) is 12.7 Å². The molecule has 1 aromatic carbocycles. The summed E-state index contributed by atoms with van der Waals surface area (Å²) in [5, 5.41) is 9.95. The van der Waals surface area contributed by atoms with E-state index in [4.69, 9.17) is 9.72 Å². The number of rotatable bonds is 4. The number of carbonyl (C=O) groups excluding carboxylic acids is 1. The summed E-state index contributed by atoms with van der Waals surface area (Å²) >= 11 is 1.55. The molecule has 0 aliphatic carbocycles. The molecule has 7 nitrogen and oxygen atoms in total. The molecular formula is C23H22FN5O2S. The summed E-state index contributed by atoms with van der Waals surface area (Å²) in [5.74, 6) is -0.703. The lowest BCUT2D eigenvalue weighted by Gasteiger charge is -2.29. The Hall–Kier alpha value is -3.30.